The zero-order chi connectivity index (χ0) is 19.8. The first-order valence-electron chi connectivity index (χ1n) is 8.77. The van der Waals surface area contributed by atoms with Crippen LogP contribution in [0.15, 0.2) is 36.4 Å². The Labute approximate surface area is 164 Å². The summed E-state index contributed by atoms with van der Waals surface area (Å²) >= 11 is 5.84. The summed E-state index contributed by atoms with van der Waals surface area (Å²) in [5, 5.41) is 15.8. The minimum absolute atomic E-state index is 0.138. The Balaban J connectivity index is 1.83. The van der Waals surface area contributed by atoms with Gasteiger partial charge >= 0.3 is 0 Å². The van der Waals surface area contributed by atoms with Crippen LogP contribution in [0.5, 0.6) is 0 Å². The average Bonchev–Trinajstić information content (AvgIpc) is 2.61. The van der Waals surface area contributed by atoms with Crippen LogP contribution in [0.3, 0.4) is 0 Å². The van der Waals surface area contributed by atoms with Crippen molar-refractivity contribution in [1.82, 2.24) is 15.5 Å². The standard InChI is InChI=1S/C19H26ClN3O4/c1-23(2)11-19(26)22-16-8-7-15(27-17(16)12-24)9-18(25)21-10-13-3-5-14(20)6-4-13/h3-8,15-17,24H,9-12H2,1-2H3,(H,21,25)(H,22,26)/t15-,16+,17+/m0/s1. The van der Waals surface area contributed by atoms with Gasteiger partial charge in [0.05, 0.1) is 31.7 Å². The number of ether oxygens (including phenoxy) is 1. The molecule has 3 N–H and O–H groups in total. The quantitative estimate of drug-likeness (QED) is 0.564. The highest BCUT2D eigenvalue weighted by atomic mass is 35.5. The number of nitrogens with zero attached hydrogens (tertiary/aromatic N) is 1. The van der Waals surface area contributed by atoms with E-state index >= 15 is 0 Å². The van der Waals surface area contributed by atoms with Gasteiger partial charge < -0.3 is 25.4 Å². The molecule has 0 aromatic heterocycles. The fourth-order valence-corrected chi connectivity index (χ4v) is 2.84. The lowest BCUT2D eigenvalue weighted by Gasteiger charge is -2.32. The summed E-state index contributed by atoms with van der Waals surface area (Å²) in [5.41, 5.74) is 0.949. The van der Waals surface area contributed by atoms with Gasteiger partial charge in [-0.2, -0.15) is 0 Å². The van der Waals surface area contributed by atoms with Crippen LogP contribution in [0.25, 0.3) is 0 Å². The van der Waals surface area contributed by atoms with Crippen molar-refractivity contribution in [2.75, 3.05) is 27.2 Å². The third kappa shape index (κ3) is 7.30. The molecule has 2 amide bonds. The molecule has 0 saturated carbocycles. The predicted molar refractivity (Wildman–Crippen MR) is 103 cm³/mol. The molecule has 8 heteroatoms. The summed E-state index contributed by atoms with van der Waals surface area (Å²) in [6.07, 6.45) is 2.62. The van der Waals surface area contributed by atoms with E-state index in [1.807, 2.05) is 12.1 Å². The third-order valence-electron chi connectivity index (χ3n) is 4.04. The van der Waals surface area contributed by atoms with Crippen LogP contribution in [0, 0.1) is 0 Å². The molecule has 0 spiro atoms. The molecule has 1 aromatic carbocycles. The monoisotopic (exact) mass is 395 g/mol. The van der Waals surface area contributed by atoms with E-state index in [0.717, 1.165) is 5.56 Å². The Bertz CT molecular complexity index is 663. The first-order chi connectivity index (χ1) is 12.9. The SMILES string of the molecule is CN(C)CC(=O)N[C@@H]1C=C[C@@H](CC(=O)NCc2ccc(Cl)cc2)O[C@@H]1CO. The van der Waals surface area contributed by atoms with Crippen molar-refractivity contribution < 1.29 is 19.4 Å². The highest BCUT2D eigenvalue weighted by Gasteiger charge is 2.29. The molecule has 27 heavy (non-hydrogen) atoms. The Morgan fingerprint density at radius 2 is 1.89 bits per heavy atom. The first-order valence-corrected chi connectivity index (χ1v) is 9.15. The molecule has 0 radical (unpaired) electrons. The van der Waals surface area contributed by atoms with Crippen molar-refractivity contribution in [2.24, 2.45) is 0 Å². The van der Waals surface area contributed by atoms with E-state index in [9.17, 15) is 14.7 Å². The summed E-state index contributed by atoms with van der Waals surface area (Å²) in [6, 6.07) is 6.82. The van der Waals surface area contributed by atoms with Crippen LogP contribution >= 0.6 is 11.6 Å². The molecule has 1 heterocycles. The maximum Gasteiger partial charge on any atom is 0.234 e. The number of aliphatic hydroxyl groups excluding tert-OH is 1. The summed E-state index contributed by atoms with van der Waals surface area (Å²) in [7, 11) is 3.60. The molecule has 1 aliphatic heterocycles. The normalized spacial score (nSPS) is 21.9. The number of aliphatic hydroxyl groups is 1. The summed E-state index contributed by atoms with van der Waals surface area (Å²) in [6.45, 7) is 0.401. The van der Waals surface area contributed by atoms with E-state index in [1.165, 1.54) is 0 Å². The molecule has 148 valence electrons. The number of rotatable bonds is 8. The fourth-order valence-electron chi connectivity index (χ4n) is 2.71. The number of hydrogen-bond donors (Lipinski definition) is 3. The molecule has 2 rings (SSSR count). The minimum atomic E-state index is -0.588. The average molecular weight is 396 g/mol. The van der Waals surface area contributed by atoms with Crippen molar-refractivity contribution in [3.8, 4) is 0 Å². The number of likely N-dealkylation sites (N-methyl/N-ethyl adjacent to an activating group) is 1. The zero-order valence-corrected chi connectivity index (χ0v) is 16.3. The molecule has 0 bridgehead atoms. The van der Waals surface area contributed by atoms with Gasteiger partial charge in [-0.05, 0) is 31.8 Å². The van der Waals surface area contributed by atoms with Gasteiger partial charge in [0.1, 0.15) is 6.10 Å². The third-order valence-corrected chi connectivity index (χ3v) is 4.29. The lowest BCUT2D eigenvalue weighted by molar-refractivity contribution is -0.128. The van der Waals surface area contributed by atoms with Crippen LogP contribution < -0.4 is 10.6 Å². The molecular weight excluding hydrogens is 370 g/mol. The van der Waals surface area contributed by atoms with Crippen molar-refractivity contribution in [3.63, 3.8) is 0 Å². The van der Waals surface area contributed by atoms with Gasteiger partial charge in [-0.15, -0.1) is 0 Å². The Kier molecular flexibility index (Phi) is 8.24. The van der Waals surface area contributed by atoms with E-state index in [2.05, 4.69) is 10.6 Å². The lowest BCUT2D eigenvalue weighted by Crippen LogP contribution is -2.50. The van der Waals surface area contributed by atoms with Crippen LogP contribution in [-0.4, -0.2) is 67.3 Å². The van der Waals surface area contributed by atoms with Gasteiger partial charge in [-0.1, -0.05) is 35.9 Å². The van der Waals surface area contributed by atoms with Crippen molar-refractivity contribution >= 4 is 23.4 Å². The van der Waals surface area contributed by atoms with Gasteiger partial charge in [0.2, 0.25) is 11.8 Å². The fraction of sp³-hybridized carbons (Fsp3) is 0.474. The smallest absolute Gasteiger partial charge is 0.234 e. The van der Waals surface area contributed by atoms with Gasteiger partial charge in [-0.25, -0.2) is 0 Å². The van der Waals surface area contributed by atoms with Gasteiger partial charge in [0.25, 0.3) is 0 Å². The molecule has 0 aliphatic carbocycles. The van der Waals surface area contributed by atoms with E-state index in [4.69, 9.17) is 16.3 Å². The molecule has 0 unspecified atom stereocenters. The van der Waals surface area contributed by atoms with Crippen LogP contribution in [0.2, 0.25) is 5.02 Å². The molecule has 1 aromatic rings. The number of amides is 2. The lowest BCUT2D eigenvalue weighted by atomic mass is 10.0. The van der Waals surface area contributed by atoms with Crippen molar-refractivity contribution in [3.05, 3.63) is 47.0 Å². The Morgan fingerprint density at radius 1 is 1.19 bits per heavy atom. The van der Waals surface area contributed by atoms with Crippen LogP contribution in [0.4, 0.5) is 0 Å². The van der Waals surface area contributed by atoms with Crippen molar-refractivity contribution in [1.29, 1.82) is 0 Å². The Morgan fingerprint density at radius 3 is 2.52 bits per heavy atom. The van der Waals surface area contributed by atoms with Crippen molar-refractivity contribution in [2.45, 2.75) is 31.2 Å². The zero-order valence-electron chi connectivity index (χ0n) is 15.5. The second-order valence-electron chi connectivity index (χ2n) is 6.72. The topological polar surface area (TPSA) is 90.9 Å². The second kappa shape index (κ2) is 10.4. The number of halogens is 1. The minimum Gasteiger partial charge on any atom is -0.394 e. The van der Waals surface area contributed by atoms with Crippen LogP contribution in [-0.2, 0) is 20.9 Å². The van der Waals surface area contributed by atoms with Gasteiger partial charge in [0.15, 0.2) is 0 Å². The Hall–Kier alpha value is -1.93. The maximum absolute atomic E-state index is 12.1. The second-order valence-corrected chi connectivity index (χ2v) is 7.16. The highest BCUT2D eigenvalue weighted by Crippen LogP contribution is 2.16. The highest BCUT2D eigenvalue weighted by molar-refractivity contribution is 6.30. The summed E-state index contributed by atoms with van der Waals surface area (Å²) in [4.78, 5) is 25.8. The first kappa shape index (κ1) is 21.4. The molecule has 0 fully saturated rings. The van der Waals surface area contributed by atoms with Gasteiger partial charge in [-0.3, -0.25) is 9.59 Å². The molecule has 3 atom stereocenters. The van der Waals surface area contributed by atoms with Gasteiger partial charge in [0, 0.05) is 11.6 Å². The molecule has 1 aliphatic rings. The largest absolute Gasteiger partial charge is 0.394 e. The number of nitrogens with one attached hydrogen (secondary N) is 2. The number of carbonyl (C=O) groups is 2. The number of hydrogen-bond acceptors (Lipinski definition) is 5. The number of carbonyl (C=O) groups excluding carboxylic acids is 2. The molecule has 0 saturated heterocycles. The van der Waals surface area contributed by atoms with E-state index in [0.29, 0.717) is 11.6 Å². The van der Waals surface area contributed by atoms with E-state index < -0.39 is 18.2 Å². The molecule has 7 nitrogen and oxygen atoms in total. The summed E-state index contributed by atoms with van der Waals surface area (Å²) in [5.74, 6) is -0.317. The molecular formula is C19H26ClN3O4. The van der Waals surface area contributed by atoms with E-state index in [-0.39, 0.29) is 31.4 Å². The number of benzene rings is 1. The van der Waals surface area contributed by atoms with E-state index in [1.54, 1.807) is 43.3 Å². The van der Waals surface area contributed by atoms with Crippen LogP contribution in [0.1, 0.15) is 12.0 Å². The summed E-state index contributed by atoms with van der Waals surface area (Å²) < 4.78 is 5.75. The maximum atomic E-state index is 12.1. The predicted octanol–water partition coefficient (Wildman–Crippen LogP) is 0.709.